The van der Waals surface area contributed by atoms with Crippen molar-refractivity contribution in [3.05, 3.63) is 23.8 Å². The Kier molecular flexibility index (Phi) is 6.10. The van der Waals surface area contributed by atoms with Crippen molar-refractivity contribution in [3.8, 4) is 0 Å². The number of aromatic nitrogens is 2. The molecule has 1 aromatic rings. The Morgan fingerprint density at radius 3 is 2.38 bits per heavy atom. The zero-order valence-corrected chi connectivity index (χ0v) is 13.7. The van der Waals surface area contributed by atoms with Crippen LogP contribution in [0.25, 0.3) is 0 Å². The number of amides is 2. The van der Waals surface area contributed by atoms with Crippen LogP contribution < -0.4 is 10.6 Å². The Balaban J connectivity index is 2.73. The van der Waals surface area contributed by atoms with Gasteiger partial charge in [-0.25, -0.2) is 14.8 Å². The first-order chi connectivity index (χ1) is 10.9. The maximum atomic E-state index is 13.0. The largest absolute Gasteiger partial charge is 0.444 e. The molecule has 1 atom stereocenters. The molecule has 24 heavy (non-hydrogen) atoms. The minimum Gasteiger partial charge on any atom is -0.444 e. The van der Waals surface area contributed by atoms with Crippen LogP contribution in [-0.2, 0) is 4.74 Å². The van der Waals surface area contributed by atoms with Gasteiger partial charge in [-0.2, -0.15) is 13.2 Å². The second kappa shape index (κ2) is 7.45. The normalized spacial score (nSPS) is 13.1. The van der Waals surface area contributed by atoms with Crippen molar-refractivity contribution in [1.29, 1.82) is 0 Å². The van der Waals surface area contributed by atoms with Crippen molar-refractivity contribution in [2.24, 2.45) is 0 Å². The summed E-state index contributed by atoms with van der Waals surface area (Å²) in [5.41, 5.74) is -0.612. The summed E-state index contributed by atoms with van der Waals surface area (Å²) in [5, 5.41) is 3.78. The predicted molar refractivity (Wildman–Crippen MR) is 78.3 cm³/mol. The van der Waals surface area contributed by atoms with E-state index in [4.69, 9.17) is 4.74 Å². The van der Waals surface area contributed by atoms with E-state index in [1.807, 2.05) is 5.32 Å². The second-order valence-corrected chi connectivity index (χ2v) is 6.00. The minimum absolute atomic E-state index is 0.200. The first-order valence-electron chi connectivity index (χ1n) is 7.01. The number of alkyl carbamates (subject to hydrolysis) is 1. The number of alkyl halides is 3. The molecular weight excluding hydrogens is 329 g/mol. The van der Waals surface area contributed by atoms with Gasteiger partial charge < -0.3 is 15.4 Å². The summed E-state index contributed by atoms with van der Waals surface area (Å²) in [6.45, 7) is 5.44. The Labute approximate surface area is 137 Å². The maximum absolute atomic E-state index is 13.0. The molecule has 2 amide bonds. The minimum atomic E-state index is -4.76. The topological polar surface area (TPSA) is 93.2 Å². The number of aryl methyl sites for hydroxylation is 1. The number of carbonyl (C=O) groups excluding carboxylic acids is 2. The molecule has 0 aromatic carbocycles. The van der Waals surface area contributed by atoms with Gasteiger partial charge in [0.25, 0.3) is 5.91 Å². The standard InChI is InChI=1S/C14H19F3N4O3/c1-8-5-9(20-7-19-8)11(22)21-10(14(15,16)17)6-18-12(23)24-13(2,3)4/h5,7,10H,6H2,1-4H3,(H,18,23)(H,21,22)/t10-/m0/s1. The van der Waals surface area contributed by atoms with Crippen molar-refractivity contribution in [2.75, 3.05) is 6.54 Å². The average Bonchev–Trinajstić information content (AvgIpc) is 2.39. The fourth-order valence-corrected chi connectivity index (χ4v) is 1.56. The summed E-state index contributed by atoms with van der Waals surface area (Å²) >= 11 is 0. The fraction of sp³-hybridized carbons (Fsp3) is 0.571. The van der Waals surface area contributed by atoms with Crippen molar-refractivity contribution in [3.63, 3.8) is 0 Å². The van der Waals surface area contributed by atoms with Gasteiger partial charge in [-0.05, 0) is 33.8 Å². The molecule has 0 aliphatic carbocycles. The van der Waals surface area contributed by atoms with Gasteiger partial charge in [-0.3, -0.25) is 4.79 Å². The van der Waals surface area contributed by atoms with Crippen LogP contribution in [0.2, 0.25) is 0 Å². The molecule has 7 nitrogen and oxygen atoms in total. The van der Waals surface area contributed by atoms with Crippen LogP contribution in [-0.4, -0.2) is 46.3 Å². The lowest BCUT2D eigenvalue weighted by molar-refractivity contribution is -0.152. The molecular formula is C14H19F3N4O3. The van der Waals surface area contributed by atoms with Gasteiger partial charge in [0.05, 0.1) is 6.54 Å². The number of carbonyl (C=O) groups is 2. The lowest BCUT2D eigenvalue weighted by Crippen LogP contribution is -2.52. The van der Waals surface area contributed by atoms with Gasteiger partial charge in [-0.15, -0.1) is 0 Å². The van der Waals surface area contributed by atoms with Crippen LogP contribution in [0.3, 0.4) is 0 Å². The second-order valence-electron chi connectivity index (χ2n) is 6.00. The Bertz CT molecular complexity index is 600. The van der Waals surface area contributed by atoms with Crippen molar-refractivity contribution < 1.29 is 27.5 Å². The molecule has 0 radical (unpaired) electrons. The third kappa shape index (κ3) is 6.80. The number of halogens is 3. The van der Waals surface area contributed by atoms with Crippen molar-refractivity contribution in [1.82, 2.24) is 20.6 Å². The molecule has 1 rings (SSSR count). The van der Waals surface area contributed by atoms with E-state index < -0.39 is 36.4 Å². The van der Waals surface area contributed by atoms with E-state index in [1.165, 1.54) is 6.07 Å². The number of nitrogens with one attached hydrogen (secondary N) is 2. The monoisotopic (exact) mass is 348 g/mol. The molecule has 1 heterocycles. The van der Waals surface area contributed by atoms with Crippen molar-refractivity contribution >= 4 is 12.0 Å². The summed E-state index contributed by atoms with van der Waals surface area (Å²) in [4.78, 5) is 30.7. The van der Waals surface area contributed by atoms with Gasteiger partial charge in [0.15, 0.2) is 0 Å². The lowest BCUT2D eigenvalue weighted by Gasteiger charge is -2.24. The number of hydrogen-bond donors (Lipinski definition) is 2. The summed E-state index contributed by atoms with van der Waals surface area (Å²) in [5.74, 6) is -1.02. The van der Waals surface area contributed by atoms with E-state index in [9.17, 15) is 22.8 Å². The number of ether oxygens (including phenoxy) is 1. The Hall–Kier alpha value is -2.39. The third-order valence-electron chi connectivity index (χ3n) is 2.59. The summed E-state index contributed by atoms with van der Waals surface area (Å²) in [6, 6.07) is -1.03. The van der Waals surface area contributed by atoms with Gasteiger partial charge in [-0.1, -0.05) is 0 Å². The summed E-state index contributed by atoms with van der Waals surface area (Å²) < 4.78 is 43.9. The Morgan fingerprint density at radius 1 is 1.25 bits per heavy atom. The van der Waals surface area contributed by atoms with Crippen LogP contribution in [0.1, 0.15) is 37.0 Å². The average molecular weight is 348 g/mol. The molecule has 0 aliphatic heterocycles. The van der Waals surface area contributed by atoms with Gasteiger partial charge in [0.2, 0.25) is 0 Å². The van der Waals surface area contributed by atoms with E-state index in [1.54, 1.807) is 33.0 Å². The molecule has 0 bridgehead atoms. The number of nitrogens with zero attached hydrogens (tertiary/aromatic N) is 2. The molecule has 10 heteroatoms. The third-order valence-corrected chi connectivity index (χ3v) is 2.59. The van der Waals surface area contributed by atoms with Crippen LogP contribution in [0.4, 0.5) is 18.0 Å². The summed E-state index contributed by atoms with van der Waals surface area (Å²) in [7, 11) is 0. The highest BCUT2D eigenvalue weighted by molar-refractivity contribution is 5.92. The molecule has 0 aliphatic rings. The van der Waals surface area contributed by atoms with Crippen molar-refractivity contribution in [2.45, 2.75) is 45.5 Å². The van der Waals surface area contributed by atoms with Crippen LogP contribution in [0, 0.1) is 6.92 Å². The van der Waals surface area contributed by atoms with E-state index in [0.717, 1.165) is 6.33 Å². The molecule has 0 saturated heterocycles. The van der Waals surface area contributed by atoms with E-state index in [2.05, 4.69) is 9.97 Å². The molecule has 2 N–H and O–H groups in total. The molecule has 134 valence electrons. The molecule has 0 fully saturated rings. The van der Waals surface area contributed by atoms with E-state index >= 15 is 0 Å². The quantitative estimate of drug-likeness (QED) is 0.868. The molecule has 1 aromatic heterocycles. The van der Waals surface area contributed by atoms with Crippen LogP contribution >= 0.6 is 0 Å². The first kappa shape index (κ1) is 19.7. The number of rotatable bonds is 4. The maximum Gasteiger partial charge on any atom is 0.410 e. The van der Waals surface area contributed by atoms with E-state index in [0.29, 0.717) is 5.69 Å². The molecule has 0 saturated carbocycles. The van der Waals surface area contributed by atoms with Gasteiger partial charge >= 0.3 is 12.3 Å². The van der Waals surface area contributed by atoms with Gasteiger partial charge in [0, 0.05) is 5.69 Å². The fourth-order valence-electron chi connectivity index (χ4n) is 1.56. The highest BCUT2D eigenvalue weighted by atomic mass is 19.4. The highest BCUT2D eigenvalue weighted by Gasteiger charge is 2.41. The highest BCUT2D eigenvalue weighted by Crippen LogP contribution is 2.20. The number of hydrogen-bond acceptors (Lipinski definition) is 5. The SMILES string of the molecule is Cc1cc(C(=O)N[C@@H](CNC(=O)OC(C)(C)C)C(F)(F)F)ncn1. The predicted octanol–water partition coefficient (Wildman–Crippen LogP) is 1.97. The molecule has 0 unspecified atom stereocenters. The van der Waals surface area contributed by atoms with E-state index in [-0.39, 0.29) is 5.69 Å². The van der Waals surface area contributed by atoms with Crippen LogP contribution in [0.5, 0.6) is 0 Å². The first-order valence-corrected chi connectivity index (χ1v) is 7.01. The van der Waals surface area contributed by atoms with Gasteiger partial charge in [0.1, 0.15) is 23.7 Å². The molecule has 0 spiro atoms. The zero-order valence-electron chi connectivity index (χ0n) is 13.7. The zero-order chi connectivity index (χ0) is 18.5. The Morgan fingerprint density at radius 2 is 1.88 bits per heavy atom. The summed E-state index contributed by atoms with van der Waals surface area (Å²) in [6.07, 6.45) is -4.69. The lowest BCUT2D eigenvalue weighted by atomic mass is 10.2. The van der Waals surface area contributed by atoms with Crippen LogP contribution in [0.15, 0.2) is 12.4 Å². The smallest absolute Gasteiger partial charge is 0.410 e.